The Morgan fingerprint density at radius 3 is 1.84 bits per heavy atom. The van der Waals surface area contributed by atoms with Crippen LogP contribution in [-0.4, -0.2) is 32.0 Å². The maximum absolute atomic E-state index is 11.2. The molecule has 0 heterocycles. The maximum atomic E-state index is 11.2. The Kier molecular flexibility index (Phi) is 9.52. The van der Waals surface area contributed by atoms with Crippen molar-refractivity contribution in [3.8, 4) is 11.5 Å². The minimum atomic E-state index is -0.815. The summed E-state index contributed by atoms with van der Waals surface area (Å²) in [5, 5.41) is 11.2. The van der Waals surface area contributed by atoms with Crippen molar-refractivity contribution in [2.24, 2.45) is 50.2 Å². The minimum absolute atomic E-state index is 0.00711. The Morgan fingerprint density at radius 1 is 0.655 bits per heavy atom. The summed E-state index contributed by atoms with van der Waals surface area (Å²) in [7, 11) is 3.45. The maximum Gasteiger partial charge on any atom is 0.143 e. The van der Waals surface area contributed by atoms with Crippen molar-refractivity contribution in [3.63, 3.8) is 0 Å². The summed E-state index contributed by atoms with van der Waals surface area (Å²) >= 11 is 0. The molecular formula is C51H68O4. The van der Waals surface area contributed by atoms with E-state index in [-0.39, 0.29) is 33.2 Å². The molecule has 0 aromatic heterocycles. The highest BCUT2D eigenvalue weighted by Crippen LogP contribution is 2.75. The molecule has 4 nitrogen and oxygen atoms in total. The first-order valence-corrected chi connectivity index (χ1v) is 21.5. The zero-order valence-electron chi connectivity index (χ0n) is 35.3. The van der Waals surface area contributed by atoms with Crippen LogP contribution in [0.1, 0.15) is 129 Å². The molecular weight excluding hydrogens is 677 g/mol. The van der Waals surface area contributed by atoms with E-state index in [4.69, 9.17) is 14.2 Å². The monoisotopic (exact) mass is 745 g/mol. The third-order valence-electron chi connectivity index (χ3n) is 17.7. The molecule has 3 aromatic carbocycles. The largest absolute Gasteiger partial charge is 0.497 e. The SMILES string of the molecule is COc1ccc(C(OC[C@@]2(C)CC[C@]3(C)CC[C@]4(C)C(=CC[C@@H]5[C@@]6(C)CC[C@H](O)C(C)(C)[C@@H]6CC[C@]54C)[C@@H]3C2)(c2ccccc2)c2ccc(OC)cc2)cc1. The summed E-state index contributed by atoms with van der Waals surface area (Å²) in [6, 6.07) is 27.7. The van der Waals surface area contributed by atoms with Crippen LogP contribution in [0.3, 0.4) is 0 Å². The summed E-state index contributed by atoms with van der Waals surface area (Å²) in [5.74, 6) is 3.45. The van der Waals surface area contributed by atoms with E-state index >= 15 is 0 Å². The third kappa shape index (κ3) is 5.80. The van der Waals surface area contributed by atoms with Gasteiger partial charge in [0.05, 0.1) is 26.9 Å². The Balaban J connectivity index is 1.15. The molecule has 4 fully saturated rings. The van der Waals surface area contributed by atoms with Gasteiger partial charge in [0, 0.05) is 0 Å². The minimum Gasteiger partial charge on any atom is -0.497 e. The molecule has 3 aromatic rings. The average Bonchev–Trinajstić information content (AvgIpc) is 3.18. The Hall–Kier alpha value is -3.08. The van der Waals surface area contributed by atoms with Gasteiger partial charge >= 0.3 is 0 Å². The standard InChI is InChI=1S/C51H68O4/c1-45(2)42-25-28-50(7)43(48(42,5)27-26-44(45)52)24-23-40-41-33-46(3,29-30-47(41,4)31-32-49(40,50)6)34-55-51(35-13-11-10-12-14-35,36-15-19-38(53-8)20-16-36)37-17-21-39(54-9)22-18-37/h10-23,41-44,52H,24-34H2,1-9H3/t41-,42-,43+,44-,46-,47+,48-,49+,50+/m0/s1. The number of aliphatic hydroxyl groups excluding tert-OH is 1. The molecule has 0 saturated heterocycles. The first-order chi connectivity index (χ1) is 26.1. The van der Waals surface area contributed by atoms with Crippen LogP contribution in [0.2, 0.25) is 0 Å². The highest BCUT2D eigenvalue weighted by atomic mass is 16.5. The van der Waals surface area contributed by atoms with Crippen molar-refractivity contribution >= 4 is 0 Å². The topological polar surface area (TPSA) is 47.9 Å². The highest BCUT2D eigenvalue weighted by molar-refractivity contribution is 5.50. The van der Waals surface area contributed by atoms with Crippen LogP contribution in [0.25, 0.3) is 0 Å². The first-order valence-electron chi connectivity index (χ1n) is 21.5. The second kappa shape index (κ2) is 13.5. The lowest BCUT2D eigenvalue weighted by atomic mass is 9.33. The normalized spacial score (nSPS) is 38.0. The molecule has 0 bridgehead atoms. The summed E-state index contributed by atoms with van der Waals surface area (Å²) in [5.41, 5.74) is 5.28. The lowest BCUT2D eigenvalue weighted by Crippen LogP contribution is -2.64. The second-order valence-corrected chi connectivity index (χ2v) is 20.7. The van der Waals surface area contributed by atoms with Gasteiger partial charge in [-0.15, -0.1) is 0 Å². The molecule has 1 N–H and O–H groups in total. The van der Waals surface area contributed by atoms with Crippen LogP contribution in [0, 0.1) is 50.2 Å². The van der Waals surface area contributed by atoms with Crippen molar-refractivity contribution in [3.05, 3.63) is 107 Å². The fourth-order valence-corrected chi connectivity index (χ4v) is 13.9. The molecule has 0 aliphatic heterocycles. The lowest BCUT2D eigenvalue weighted by Gasteiger charge is -2.71. The molecule has 4 saturated carbocycles. The summed E-state index contributed by atoms with van der Waals surface area (Å²) in [6.45, 7) is 18.5. The van der Waals surface area contributed by atoms with Crippen molar-refractivity contribution in [2.45, 2.75) is 124 Å². The van der Waals surface area contributed by atoms with Crippen LogP contribution in [0.15, 0.2) is 90.5 Å². The molecule has 4 heteroatoms. The smallest absolute Gasteiger partial charge is 0.143 e. The highest BCUT2D eigenvalue weighted by Gasteiger charge is 2.68. The number of allylic oxidation sites excluding steroid dienone is 2. The van der Waals surface area contributed by atoms with Gasteiger partial charge in [-0.1, -0.05) is 115 Å². The van der Waals surface area contributed by atoms with Crippen molar-refractivity contribution in [2.75, 3.05) is 20.8 Å². The van der Waals surface area contributed by atoms with Gasteiger partial charge in [0.25, 0.3) is 0 Å². The van der Waals surface area contributed by atoms with Gasteiger partial charge in [0.2, 0.25) is 0 Å². The van der Waals surface area contributed by atoms with E-state index in [1.165, 1.54) is 38.5 Å². The van der Waals surface area contributed by atoms with Gasteiger partial charge in [-0.25, -0.2) is 0 Å². The van der Waals surface area contributed by atoms with Crippen molar-refractivity contribution < 1.29 is 19.3 Å². The molecule has 8 rings (SSSR count). The van der Waals surface area contributed by atoms with E-state index in [0.29, 0.717) is 29.8 Å². The van der Waals surface area contributed by atoms with Crippen molar-refractivity contribution in [1.82, 2.24) is 0 Å². The Labute approximate surface area is 332 Å². The molecule has 0 radical (unpaired) electrons. The van der Waals surface area contributed by atoms with Gasteiger partial charge in [0.1, 0.15) is 17.1 Å². The molecule has 296 valence electrons. The fourth-order valence-electron chi connectivity index (χ4n) is 13.9. The van der Waals surface area contributed by atoms with Crippen LogP contribution in [-0.2, 0) is 10.3 Å². The Morgan fingerprint density at radius 2 is 1.24 bits per heavy atom. The van der Waals surface area contributed by atoms with E-state index in [2.05, 4.69) is 133 Å². The van der Waals surface area contributed by atoms with E-state index in [0.717, 1.165) is 53.9 Å². The van der Waals surface area contributed by atoms with E-state index in [1.807, 2.05) is 0 Å². The summed E-state index contributed by atoms with van der Waals surface area (Å²) in [6.07, 6.45) is 14.6. The predicted octanol–water partition coefficient (Wildman–Crippen LogP) is 12.2. The molecule has 0 amide bonds. The van der Waals surface area contributed by atoms with Crippen LogP contribution < -0.4 is 9.47 Å². The molecule has 5 aliphatic carbocycles. The third-order valence-corrected chi connectivity index (χ3v) is 17.7. The molecule has 0 unspecified atom stereocenters. The zero-order chi connectivity index (χ0) is 39.1. The van der Waals surface area contributed by atoms with Crippen LogP contribution >= 0.6 is 0 Å². The number of fused-ring (bicyclic) bond motifs is 7. The van der Waals surface area contributed by atoms with Gasteiger partial charge in [-0.05, 0) is 155 Å². The van der Waals surface area contributed by atoms with Crippen LogP contribution in [0.5, 0.6) is 11.5 Å². The van der Waals surface area contributed by atoms with E-state index in [1.54, 1.807) is 19.8 Å². The predicted molar refractivity (Wildman–Crippen MR) is 223 cm³/mol. The molecule has 55 heavy (non-hydrogen) atoms. The second-order valence-electron chi connectivity index (χ2n) is 20.7. The van der Waals surface area contributed by atoms with E-state index < -0.39 is 5.60 Å². The first kappa shape index (κ1) is 38.8. The Bertz CT molecular complexity index is 1830. The molecule has 9 atom stereocenters. The van der Waals surface area contributed by atoms with Crippen LogP contribution in [0.4, 0.5) is 0 Å². The number of ether oxygens (including phenoxy) is 3. The number of methoxy groups -OCH3 is 2. The summed E-state index contributed by atoms with van der Waals surface area (Å²) < 4.78 is 18.9. The van der Waals surface area contributed by atoms with Gasteiger partial charge in [-0.3, -0.25) is 0 Å². The van der Waals surface area contributed by atoms with Crippen molar-refractivity contribution in [1.29, 1.82) is 0 Å². The number of hydrogen-bond acceptors (Lipinski definition) is 4. The number of hydrogen-bond donors (Lipinski definition) is 1. The zero-order valence-corrected chi connectivity index (χ0v) is 35.3. The van der Waals surface area contributed by atoms with Gasteiger partial charge < -0.3 is 19.3 Å². The molecule has 5 aliphatic rings. The average molecular weight is 745 g/mol. The van der Waals surface area contributed by atoms with E-state index in [9.17, 15) is 5.11 Å². The summed E-state index contributed by atoms with van der Waals surface area (Å²) in [4.78, 5) is 0. The number of benzene rings is 3. The molecule has 0 spiro atoms. The number of aliphatic hydroxyl groups is 1. The lowest BCUT2D eigenvalue weighted by molar-refractivity contribution is -0.203. The quantitative estimate of drug-likeness (QED) is 0.184. The van der Waals surface area contributed by atoms with Gasteiger partial charge in [-0.2, -0.15) is 0 Å². The van der Waals surface area contributed by atoms with Gasteiger partial charge in [0.15, 0.2) is 0 Å². The fraction of sp³-hybridized carbons (Fsp3) is 0.608. The number of rotatable bonds is 8.